The lowest BCUT2D eigenvalue weighted by Crippen LogP contribution is -2.59. The minimum absolute atomic E-state index is 0.119. The fraction of sp³-hybridized carbons (Fsp3) is 0.933. The van der Waals surface area contributed by atoms with Crippen LogP contribution in [0.4, 0.5) is 8.78 Å². The molecule has 2 fully saturated rings. The average molecular weight is 273 g/mol. The van der Waals surface area contributed by atoms with Crippen LogP contribution >= 0.6 is 0 Å². The molecule has 1 unspecified atom stereocenters. The molecule has 1 aliphatic heterocycles. The van der Waals surface area contributed by atoms with Crippen LogP contribution in [0, 0.1) is 11.3 Å². The van der Waals surface area contributed by atoms with E-state index in [1.54, 1.807) is 0 Å². The van der Waals surface area contributed by atoms with E-state index in [0.717, 1.165) is 19.4 Å². The Hall–Kier alpha value is -0.670. The number of alkyl halides is 2. The molecule has 1 atom stereocenters. The Bertz CT molecular complexity index is 344. The molecule has 1 saturated carbocycles. The number of halogens is 2. The van der Waals surface area contributed by atoms with E-state index in [9.17, 15) is 13.6 Å². The smallest absolute Gasteiger partial charge is 0.248 e. The summed E-state index contributed by atoms with van der Waals surface area (Å²) in [5.41, 5.74) is 0.131. The first-order valence-corrected chi connectivity index (χ1v) is 7.45. The molecule has 0 radical (unpaired) electrons. The summed E-state index contributed by atoms with van der Waals surface area (Å²) in [4.78, 5) is 14.4. The summed E-state index contributed by atoms with van der Waals surface area (Å²) in [6, 6.07) is 0.299. The molecule has 4 heteroatoms. The van der Waals surface area contributed by atoms with Crippen LogP contribution in [0.5, 0.6) is 0 Å². The summed E-state index contributed by atoms with van der Waals surface area (Å²) in [5.74, 6) is -2.60. The van der Waals surface area contributed by atoms with E-state index in [1.807, 2.05) is 4.90 Å². The quantitative estimate of drug-likeness (QED) is 0.765. The number of carbonyl (C=O) groups is 1. The van der Waals surface area contributed by atoms with Crippen LogP contribution in [0.1, 0.15) is 59.3 Å². The molecule has 0 spiro atoms. The summed E-state index contributed by atoms with van der Waals surface area (Å²) in [7, 11) is 0. The van der Waals surface area contributed by atoms with Crippen LogP contribution in [0.2, 0.25) is 0 Å². The molecule has 0 N–H and O–H groups in total. The minimum atomic E-state index is -2.55. The van der Waals surface area contributed by atoms with Gasteiger partial charge in [-0.1, -0.05) is 20.8 Å². The normalized spacial score (nSPS) is 28.1. The molecule has 2 rings (SSSR count). The van der Waals surface area contributed by atoms with Crippen molar-refractivity contribution in [3.63, 3.8) is 0 Å². The van der Waals surface area contributed by atoms with Gasteiger partial charge in [0, 0.05) is 31.3 Å². The largest absolute Gasteiger partial charge is 0.339 e. The molecule has 1 amide bonds. The van der Waals surface area contributed by atoms with Crippen LogP contribution < -0.4 is 0 Å². The monoisotopic (exact) mass is 273 g/mol. The predicted molar refractivity (Wildman–Crippen MR) is 71.1 cm³/mol. The Morgan fingerprint density at radius 2 is 1.84 bits per heavy atom. The zero-order chi connectivity index (χ0) is 14.3. The van der Waals surface area contributed by atoms with E-state index >= 15 is 0 Å². The van der Waals surface area contributed by atoms with E-state index in [0.29, 0.717) is 18.9 Å². The van der Waals surface area contributed by atoms with Crippen LogP contribution in [0.25, 0.3) is 0 Å². The minimum Gasteiger partial charge on any atom is -0.339 e. The second-order valence-corrected chi connectivity index (χ2v) is 6.81. The summed E-state index contributed by atoms with van der Waals surface area (Å²) >= 11 is 0. The second-order valence-electron chi connectivity index (χ2n) is 6.81. The molecular weight excluding hydrogens is 248 g/mol. The molecule has 2 nitrogen and oxygen atoms in total. The van der Waals surface area contributed by atoms with Crippen molar-refractivity contribution in [1.29, 1.82) is 0 Å². The summed E-state index contributed by atoms with van der Waals surface area (Å²) in [6.07, 6.45) is 2.53. The Balaban J connectivity index is 1.94. The van der Waals surface area contributed by atoms with Crippen molar-refractivity contribution in [2.24, 2.45) is 11.3 Å². The Kier molecular flexibility index (Phi) is 3.90. The maximum Gasteiger partial charge on any atom is 0.248 e. The molecule has 110 valence electrons. The first-order chi connectivity index (χ1) is 8.77. The van der Waals surface area contributed by atoms with E-state index in [1.165, 1.54) is 0 Å². The standard InChI is InChI=1S/C15H25F2NO/c1-4-14(2,3)12-7-10-18(12)13(19)11-5-8-15(16,17)9-6-11/h11-12H,4-10H2,1-3H3. The van der Waals surface area contributed by atoms with Crippen molar-refractivity contribution in [3.8, 4) is 0 Å². The Morgan fingerprint density at radius 3 is 2.26 bits per heavy atom. The third-order valence-electron chi connectivity index (χ3n) is 5.18. The van der Waals surface area contributed by atoms with Crippen molar-refractivity contribution in [2.45, 2.75) is 71.3 Å². The number of amides is 1. The zero-order valence-corrected chi connectivity index (χ0v) is 12.2. The number of carbonyl (C=O) groups excluding carboxylic acids is 1. The molecule has 0 aromatic rings. The topological polar surface area (TPSA) is 20.3 Å². The van der Waals surface area contributed by atoms with Crippen molar-refractivity contribution in [2.75, 3.05) is 6.54 Å². The lowest BCUT2D eigenvalue weighted by Gasteiger charge is -2.51. The summed E-state index contributed by atoms with van der Waals surface area (Å²) < 4.78 is 26.3. The van der Waals surface area contributed by atoms with Crippen LogP contribution in [0.15, 0.2) is 0 Å². The lowest BCUT2D eigenvalue weighted by atomic mass is 9.74. The third-order valence-corrected chi connectivity index (χ3v) is 5.18. The van der Waals surface area contributed by atoms with E-state index < -0.39 is 5.92 Å². The molecule has 1 heterocycles. The van der Waals surface area contributed by atoms with Gasteiger partial charge in [-0.25, -0.2) is 8.78 Å². The first kappa shape index (κ1) is 14.7. The van der Waals surface area contributed by atoms with Crippen LogP contribution in [-0.2, 0) is 4.79 Å². The molecule has 2 aliphatic rings. The molecular formula is C15H25F2NO. The maximum atomic E-state index is 13.1. The highest BCUT2D eigenvalue weighted by Crippen LogP contribution is 2.41. The Morgan fingerprint density at radius 1 is 1.26 bits per heavy atom. The zero-order valence-electron chi connectivity index (χ0n) is 12.2. The van der Waals surface area contributed by atoms with Crippen molar-refractivity contribution < 1.29 is 13.6 Å². The number of rotatable bonds is 3. The molecule has 0 bridgehead atoms. The number of likely N-dealkylation sites (tertiary alicyclic amines) is 1. The average Bonchev–Trinajstić information content (AvgIpc) is 2.26. The van der Waals surface area contributed by atoms with Gasteiger partial charge in [-0.3, -0.25) is 4.79 Å². The van der Waals surface area contributed by atoms with Crippen LogP contribution in [0.3, 0.4) is 0 Å². The van der Waals surface area contributed by atoms with Gasteiger partial charge in [0.2, 0.25) is 11.8 Å². The number of hydrogen-bond donors (Lipinski definition) is 0. The fourth-order valence-electron chi connectivity index (χ4n) is 3.22. The lowest BCUT2D eigenvalue weighted by molar-refractivity contribution is -0.152. The SMILES string of the molecule is CCC(C)(C)C1CCN1C(=O)C1CCC(F)(F)CC1. The van der Waals surface area contributed by atoms with E-state index in [2.05, 4.69) is 20.8 Å². The third kappa shape index (κ3) is 2.92. The molecule has 1 saturated heterocycles. The van der Waals surface area contributed by atoms with Gasteiger partial charge in [-0.15, -0.1) is 0 Å². The van der Waals surface area contributed by atoms with Gasteiger partial charge in [0.1, 0.15) is 0 Å². The van der Waals surface area contributed by atoms with E-state index in [-0.39, 0.29) is 30.1 Å². The summed E-state index contributed by atoms with van der Waals surface area (Å²) in [5, 5.41) is 0. The van der Waals surface area contributed by atoms with Gasteiger partial charge >= 0.3 is 0 Å². The van der Waals surface area contributed by atoms with Crippen molar-refractivity contribution in [1.82, 2.24) is 4.90 Å². The number of hydrogen-bond acceptors (Lipinski definition) is 1. The van der Waals surface area contributed by atoms with Crippen molar-refractivity contribution >= 4 is 5.91 Å². The first-order valence-electron chi connectivity index (χ1n) is 7.45. The van der Waals surface area contributed by atoms with Gasteiger partial charge in [0.15, 0.2) is 0 Å². The van der Waals surface area contributed by atoms with Gasteiger partial charge in [0.25, 0.3) is 0 Å². The molecule has 0 aromatic heterocycles. The van der Waals surface area contributed by atoms with Gasteiger partial charge < -0.3 is 4.90 Å². The predicted octanol–water partition coefficient (Wildman–Crippen LogP) is 3.85. The van der Waals surface area contributed by atoms with Crippen LogP contribution in [-0.4, -0.2) is 29.3 Å². The highest BCUT2D eigenvalue weighted by Gasteiger charge is 2.45. The molecule has 1 aliphatic carbocycles. The van der Waals surface area contributed by atoms with Gasteiger partial charge in [-0.05, 0) is 31.1 Å². The van der Waals surface area contributed by atoms with Gasteiger partial charge in [0.05, 0.1) is 0 Å². The molecule has 19 heavy (non-hydrogen) atoms. The fourth-order valence-corrected chi connectivity index (χ4v) is 3.22. The van der Waals surface area contributed by atoms with Gasteiger partial charge in [-0.2, -0.15) is 0 Å². The Labute approximate surface area is 114 Å². The highest BCUT2D eigenvalue weighted by molar-refractivity contribution is 5.80. The number of nitrogens with zero attached hydrogens (tertiary/aromatic N) is 1. The highest BCUT2D eigenvalue weighted by atomic mass is 19.3. The second kappa shape index (κ2) is 5.02. The summed E-state index contributed by atoms with van der Waals surface area (Å²) in [6.45, 7) is 7.32. The van der Waals surface area contributed by atoms with E-state index in [4.69, 9.17) is 0 Å². The van der Waals surface area contributed by atoms with Crippen molar-refractivity contribution in [3.05, 3.63) is 0 Å². The maximum absolute atomic E-state index is 13.1. The molecule has 0 aromatic carbocycles.